The number of pyridine rings is 1. The number of nitrogens with zero attached hydrogens (tertiary/aromatic N) is 4. The van der Waals surface area contributed by atoms with Gasteiger partial charge in [0.25, 0.3) is 0 Å². The molecule has 1 fully saturated rings. The van der Waals surface area contributed by atoms with Crippen LogP contribution < -0.4 is 10.2 Å². The van der Waals surface area contributed by atoms with Crippen LogP contribution in [0.3, 0.4) is 0 Å². The van der Waals surface area contributed by atoms with Crippen LogP contribution in [0.2, 0.25) is 0 Å². The Morgan fingerprint density at radius 2 is 2.09 bits per heavy atom. The number of carbonyl (C=O) groups is 1. The number of amides is 1. The first kappa shape index (κ1) is 15.5. The first-order chi connectivity index (χ1) is 11.1. The fourth-order valence-electron chi connectivity index (χ4n) is 2.70. The Kier molecular flexibility index (Phi) is 4.57. The van der Waals surface area contributed by atoms with Gasteiger partial charge in [-0.05, 0) is 26.0 Å². The van der Waals surface area contributed by atoms with Gasteiger partial charge in [-0.2, -0.15) is 0 Å². The predicted octanol–water partition coefficient (Wildman–Crippen LogP) is 1.53. The Balaban J connectivity index is 1.53. The summed E-state index contributed by atoms with van der Waals surface area (Å²) in [5, 5.41) is 6.58. The highest BCUT2D eigenvalue weighted by atomic mass is 16.5. The smallest absolute Gasteiger partial charge is 0.242 e. The molecule has 1 unspecified atom stereocenters. The lowest BCUT2D eigenvalue weighted by Crippen LogP contribution is -2.53. The number of hydrogen-bond donors (Lipinski definition) is 1. The van der Waals surface area contributed by atoms with Gasteiger partial charge in [0.15, 0.2) is 5.82 Å². The van der Waals surface area contributed by atoms with Gasteiger partial charge in [0.1, 0.15) is 11.6 Å². The molecule has 1 amide bonds. The lowest BCUT2D eigenvalue weighted by atomic mass is 10.2. The third kappa shape index (κ3) is 3.68. The van der Waals surface area contributed by atoms with Gasteiger partial charge in [-0.1, -0.05) is 11.2 Å². The van der Waals surface area contributed by atoms with Crippen molar-refractivity contribution in [2.75, 3.05) is 36.4 Å². The highest BCUT2D eigenvalue weighted by Gasteiger charge is 2.26. The number of nitrogens with one attached hydrogen (secondary N) is 1. The molecule has 7 heteroatoms. The van der Waals surface area contributed by atoms with Crippen molar-refractivity contribution >= 4 is 17.5 Å². The Morgan fingerprint density at radius 3 is 2.70 bits per heavy atom. The molecule has 3 rings (SSSR count). The summed E-state index contributed by atoms with van der Waals surface area (Å²) in [7, 11) is 0. The van der Waals surface area contributed by atoms with Crippen LogP contribution in [0.25, 0.3) is 0 Å². The zero-order valence-electron chi connectivity index (χ0n) is 13.4. The topological polar surface area (TPSA) is 74.5 Å². The van der Waals surface area contributed by atoms with Gasteiger partial charge in [0.2, 0.25) is 5.91 Å². The first-order valence-corrected chi connectivity index (χ1v) is 7.78. The average molecular weight is 315 g/mol. The lowest BCUT2D eigenvalue weighted by Gasteiger charge is -2.37. The quantitative estimate of drug-likeness (QED) is 0.922. The summed E-state index contributed by atoms with van der Waals surface area (Å²) in [5.74, 6) is 2.07. The van der Waals surface area contributed by atoms with Gasteiger partial charge >= 0.3 is 0 Å². The summed E-state index contributed by atoms with van der Waals surface area (Å²) in [5.41, 5.74) is 0. The van der Waals surface area contributed by atoms with Crippen molar-refractivity contribution in [3.63, 3.8) is 0 Å². The highest BCUT2D eigenvalue weighted by molar-refractivity contribution is 5.93. The van der Waals surface area contributed by atoms with Gasteiger partial charge in [0.05, 0.1) is 6.04 Å². The van der Waals surface area contributed by atoms with E-state index in [1.807, 2.05) is 25.1 Å². The van der Waals surface area contributed by atoms with Crippen molar-refractivity contribution in [2.45, 2.75) is 19.9 Å². The van der Waals surface area contributed by atoms with E-state index in [2.05, 4.69) is 25.3 Å². The predicted molar refractivity (Wildman–Crippen MR) is 87.4 cm³/mol. The molecule has 1 atom stereocenters. The Bertz CT molecular complexity index is 650. The van der Waals surface area contributed by atoms with E-state index in [1.165, 1.54) is 0 Å². The van der Waals surface area contributed by atoms with Crippen LogP contribution >= 0.6 is 0 Å². The molecule has 122 valence electrons. The minimum Gasteiger partial charge on any atom is -0.360 e. The minimum atomic E-state index is -0.210. The van der Waals surface area contributed by atoms with Crippen LogP contribution in [0, 0.1) is 6.92 Å². The average Bonchev–Trinajstić information content (AvgIpc) is 3.00. The van der Waals surface area contributed by atoms with Crippen molar-refractivity contribution in [3.05, 3.63) is 36.2 Å². The van der Waals surface area contributed by atoms with E-state index in [0.717, 1.165) is 32.0 Å². The molecule has 0 radical (unpaired) electrons. The van der Waals surface area contributed by atoms with E-state index in [0.29, 0.717) is 11.6 Å². The summed E-state index contributed by atoms with van der Waals surface area (Å²) in [6.07, 6.45) is 1.80. The van der Waals surface area contributed by atoms with Crippen molar-refractivity contribution < 1.29 is 9.32 Å². The van der Waals surface area contributed by atoms with E-state index < -0.39 is 0 Å². The van der Waals surface area contributed by atoms with Crippen LogP contribution in [0.4, 0.5) is 11.6 Å². The molecule has 23 heavy (non-hydrogen) atoms. The van der Waals surface area contributed by atoms with Crippen molar-refractivity contribution in [1.82, 2.24) is 15.0 Å². The largest absolute Gasteiger partial charge is 0.360 e. The number of carbonyl (C=O) groups excluding carboxylic acids is 1. The number of piperazine rings is 1. The van der Waals surface area contributed by atoms with E-state index in [9.17, 15) is 4.79 Å². The summed E-state index contributed by atoms with van der Waals surface area (Å²) in [4.78, 5) is 21.1. The normalized spacial score (nSPS) is 17.0. The number of aromatic nitrogens is 2. The van der Waals surface area contributed by atoms with E-state index in [-0.39, 0.29) is 11.9 Å². The maximum Gasteiger partial charge on any atom is 0.242 e. The molecule has 1 N–H and O–H groups in total. The molecule has 2 aromatic rings. The lowest BCUT2D eigenvalue weighted by molar-refractivity contribution is -0.120. The summed E-state index contributed by atoms with van der Waals surface area (Å²) in [6.45, 7) is 7.07. The van der Waals surface area contributed by atoms with Gasteiger partial charge < -0.3 is 14.7 Å². The van der Waals surface area contributed by atoms with Gasteiger partial charge in [-0.3, -0.25) is 9.69 Å². The Hall–Kier alpha value is -2.41. The molecule has 0 aliphatic carbocycles. The fraction of sp³-hybridized carbons (Fsp3) is 0.438. The SMILES string of the molecule is Cc1cc(NC(=O)C(C)N2CCN(c3ccccn3)CC2)no1. The molecule has 3 heterocycles. The van der Waals surface area contributed by atoms with Gasteiger partial charge in [-0.15, -0.1) is 0 Å². The number of aryl methyl sites for hydroxylation is 1. The zero-order chi connectivity index (χ0) is 16.2. The molecule has 0 spiro atoms. The molecule has 0 aromatic carbocycles. The molecular formula is C16H21N5O2. The van der Waals surface area contributed by atoms with E-state index in [1.54, 1.807) is 19.2 Å². The Labute approximate surface area is 135 Å². The number of rotatable bonds is 4. The molecule has 0 saturated carbocycles. The molecule has 1 aliphatic rings. The summed E-state index contributed by atoms with van der Waals surface area (Å²) >= 11 is 0. The maximum atomic E-state index is 12.3. The first-order valence-electron chi connectivity index (χ1n) is 7.78. The van der Waals surface area contributed by atoms with Gasteiger partial charge in [-0.25, -0.2) is 4.98 Å². The van der Waals surface area contributed by atoms with Gasteiger partial charge in [0, 0.05) is 38.4 Å². The minimum absolute atomic E-state index is 0.0652. The van der Waals surface area contributed by atoms with Crippen LogP contribution in [0.15, 0.2) is 35.0 Å². The molecule has 1 aliphatic heterocycles. The zero-order valence-corrected chi connectivity index (χ0v) is 13.4. The maximum absolute atomic E-state index is 12.3. The van der Waals surface area contributed by atoms with E-state index >= 15 is 0 Å². The third-order valence-electron chi connectivity index (χ3n) is 4.09. The number of hydrogen-bond acceptors (Lipinski definition) is 6. The second kappa shape index (κ2) is 6.78. The second-order valence-electron chi connectivity index (χ2n) is 5.70. The van der Waals surface area contributed by atoms with Crippen molar-refractivity contribution in [1.29, 1.82) is 0 Å². The fourth-order valence-corrected chi connectivity index (χ4v) is 2.70. The monoisotopic (exact) mass is 315 g/mol. The molecular weight excluding hydrogens is 294 g/mol. The molecule has 2 aromatic heterocycles. The van der Waals surface area contributed by atoms with Crippen LogP contribution in [0.5, 0.6) is 0 Å². The van der Waals surface area contributed by atoms with Crippen molar-refractivity contribution in [3.8, 4) is 0 Å². The highest BCUT2D eigenvalue weighted by Crippen LogP contribution is 2.15. The van der Waals surface area contributed by atoms with Crippen LogP contribution in [-0.2, 0) is 4.79 Å². The summed E-state index contributed by atoms with van der Waals surface area (Å²) in [6, 6.07) is 7.42. The third-order valence-corrected chi connectivity index (χ3v) is 4.09. The summed E-state index contributed by atoms with van der Waals surface area (Å²) < 4.78 is 4.96. The number of anilines is 2. The van der Waals surface area contributed by atoms with Crippen LogP contribution in [-0.4, -0.2) is 53.2 Å². The Morgan fingerprint density at radius 1 is 1.30 bits per heavy atom. The molecule has 7 nitrogen and oxygen atoms in total. The second-order valence-corrected chi connectivity index (χ2v) is 5.70. The van der Waals surface area contributed by atoms with Crippen LogP contribution in [0.1, 0.15) is 12.7 Å². The molecule has 0 bridgehead atoms. The standard InChI is InChI=1S/C16H21N5O2/c1-12-11-14(19-23-12)18-16(22)13(2)20-7-9-21(10-8-20)15-5-3-4-6-17-15/h3-6,11,13H,7-10H2,1-2H3,(H,18,19,22). The molecule has 1 saturated heterocycles. The van der Waals surface area contributed by atoms with E-state index in [4.69, 9.17) is 4.52 Å². The van der Waals surface area contributed by atoms with Crippen molar-refractivity contribution in [2.24, 2.45) is 0 Å².